The van der Waals surface area contributed by atoms with Crippen LogP contribution in [0.5, 0.6) is 0 Å². The summed E-state index contributed by atoms with van der Waals surface area (Å²) in [5.74, 6) is 0.135. The Morgan fingerprint density at radius 3 is 2.28 bits per heavy atom. The van der Waals surface area contributed by atoms with Crippen molar-refractivity contribution in [1.82, 2.24) is 0 Å². The average Bonchev–Trinajstić information content (AvgIpc) is 3.00. The molecule has 0 aromatic heterocycles. The fraction of sp³-hybridized carbons (Fsp3) is 0.205. The molecule has 4 heteroatoms. The molecule has 4 aromatic rings. The number of fused-ring (bicyclic) bond motifs is 2. The minimum atomic E-state index is -0.165. The van der Waals surface area contributed by atoms with Crippen molar-refractivity contribution in [2.75, 3.05) is 17.3 Å². The quantitative estimate of drug-likeness (QED) is 0.144. The van der Waals surface area contributed by atoms with E-state index < -0.39 is 0 Å². The minimum Gasteiger partial charge on any atom is -0.353 e. The summed E-state index contributed by atoms with van der Waals surface area (Å²) in [6, 6.07) is 27.8. The largest absolute Gasteiger partial charge is 0.353 e. The number of allylic oxidation sites excluding steroid dienone is 4. The smallest absolute Gasteiger partial charge is 0.0969 e. The molecular formula is C39H41N3S. The molecule has 0 fully saturated rings. The monoisotopic (exact) mass is 583 g/mol. The van der Waals surface area contributed by atoms with Crippen LogP contribution in [0.3, 0.4) is 0 Å². The number of benzene rings is 4. The number of aliphatic imine (C=N–C) groups is 1. The highest BCUT2D eigenvalue weighted by Crippen LogP contribution is 2.42. The summed E-state index contributed by atoms with van der Waals surface area (Å²) in [7, 11) is 2.11. The standard InChI is InChI=1S/C39H41N3S/c1-8-35-33-19-12-11-18-32(33)34(21-20-25(2)22-28(5)43)39(40-35)29(6)42(7)37-24-31-17-10-9-16-30(31)23-36(37)41-38-26(3)14-13-15-27(38)4/h8-19,22-24,34,39,41,43H,1-2,6,20-21H2,3-5,7H3/b28-22+. The fourth-order valence-electron chi connectivity index (χ4n) is 6.13. The van der Waals surface area contributed by atoms with Gasteiger partial charge in [0.15, 0.2) is 0 Å². The van der Waals surface area contributed by atoms with Crippen molar-refractivity contribution in [2.45, 2.75) is 45.6 Å². The zero-order valence-corrected chi connectivity index (χ0v) is 26.6. The van der Waals surface area contributed by atoms with Gasteiger partial charge in [0, 0.05) is 29.9 Å². The summed E-state index contributed by atoms with van der Waals surface area (Å²) >= 11 is 4.47. The molecule has 0 saturated carbocycles. The molecule has 5 rings (SSSR count). The maximum Gasteiger partial charge on any atom is 0.0969 e. The van der Waals surface area contributed by atoms with Gasteiger partial charge in [-0.25, -0.2) is 0 Å². The molecule has 3 nitrogen and oxygen atoms in total. The van der Waals surface area contributed by atoms with Gasteiger partial charge in [0.1, 0.15) is 0 Å². The predicted molar refractivity (Wildman–Crippen MR) is 192 cm³/mol. The second kappa shape index (κ2) is 12.9. The van der Waals surface area contributed by atoms with E-state index in [2.05, 4.69) is 136 Å². The van der Waals surface area contributed by atoms with Crippen molar-refractivity contribution in [1.29, 1.82) is 0 Å². The summed E-state index contributed by atoms with van der Waals surface area (Å²) in [4.78, 5) is 8.46. The summed E-state index contributed by atoms with van der Waals surface area (Å²) in [5.41, 5.74) is 10.9. The third-order valence-electron chi connectivity index (χ3n) is 8.42. The first-order chi connectivity index (χ1) is 20.7. The van der Waals surface area contributed by atoms with Gasteiger partial charge in [0.25, 0.3) is 0 Å². The molecule has 43 heavy (non-hydrogen) atoms. The third-order valence-corrected chi connectivity index (χ3v) is 8.55. The Kier molecular flexibility index (Phi) is 9.08. The first-order valence-corrected chi connectivity index (χ1v) is 15.3. The van der Waals surface area contributed by atoms with Crippen molar-refractivity contribution in [3.63, 3.8) is 0 Å². The average molecular weight is 584 g/mol. The van der Waals surface area contributed by atoms with Crippen LogP contribution in [0.1, 0.15) is 47.9 Å². The molecular weight excluding hydrogens is 543 g/mol. The molecule has 0 saturated heterocycles. The molecule has 1 aliphatic heterocycles. The molecule has 0 aliphatic carbocycles. The van der Waals surface area contributed by atoms with Gasteiger partial charge in [-0.1, -0.05) is 98.1 Å². The molecule has 0 radical (unpaired) electrons. The number of nitrogens with one attached hydrogen (secondary N) is 1. The Labute approximate surface area is 262 Å². The van der Waals surface area contributed by atoms with Gasteiger partial charge in [0.05, 0.1) is 23.1 Å². The number of rotatable bonds is 10. The van der Waals surface area contributed by atoms with Crippen LogP contribution in [0.4, 0.5) is 17.1 Å². The van der Waals surface area contributed by atoms with Crippen LogP contribution < -0.4 is 10.2 Å². The summed E-state index contributed by atoms with van der Waals surface area (Å²) in [6.45, 7) is 19.4. The van der Waals surface area contributed by atoms with E-state index >= 15 is 0 Å². The van der Waals surface area contributed by atoms with E-state index in [-0.39, 0.29) is 12.0 Å². The summed E-state index contributed by atoms with van der Waals surface area (Å²) in [6.07, 6.45) is 5.65. The highest BCUT2D eigenvalue weighted by molar-refractivity contribution is 7.84. The number of anilines is 3. The Bertz CT molecular complexity index is 1750. The number of aryl methyl sites for hydroxylation is 2. The molecule has 1 heterocycles. The van der Waals surface area contributed by atoms with Crippen LogP contribution in [0.25, 0.3) is 10.8 Å². The van der Waals surface area contributed by atoms with Gasteiger partial charge in [-0.15, -0.1) is 12.6 Å². The third kappa shape index (κ3) is 6.40. The van der Waals surface area contributed by atoms with Gasteiger partial charge < -0.3 is 10.2 Å². The molecule has 0 bridgehead atoms. The van der Waals surface area contributed by atoms with Crippen molar-refractivity contribution in [3.05, 3.63) is 149 Å². The van der Waals surface area contributed by atoms with Gasteiger partial charge in [-0.2, -0.15) is 0 Å². The van der Waals surface area contributed by atoms with Crippen LogP contribution in [0.2, 0.25) is 0 Å². The first kappa shape index (κ1) is 30.2. The van der Waals surface area contributed by atoms with Crippen molar-refractivity contribution in [3.8, 4) is 0 Å². The highest BCUT2D eigenvalue weighted by atomic mass is 32.1. The van der Waals surface area contributed by atoms with Crippen molar-refractivity contribution in [2.24, 2.45) is 4.99 Å². The normalized spacial score (nSPS) is 16.3. The number of hydrogen-bond donors (Lipinski definition) is 2. The molecule has 4 aromatic carbocycles. The fourth-order valence-corrected chi connectivity index (χ4v) is 6.31. The van der Waals surface area contributed by atoms with Gasteiger partial charge in [0.2, 0.25) is 0 Å². The van der Waals surface area contributed by atoms with Gasteiger partial charge in [-0.3, -0.25) is 4.99 Å². The van der Waals surface area contributed by atoms with E-state index in [0.717, 1.165) is 57.4 Å². The lowest BCUT2D eigenvalue weighted by Crippen LogP contribution is -2.34. The predicted octanol–water partition coefficient (Wildman–Crippen LogP) is 10.5. The Hall–Kier alpha value is -4.28. The van der Waals surface area contributed by atoms with E-state index in [0.29, 0.717) is 0 Å². The Morgan fingerprint density at radius 2 is 1.60 bits per heavy atom. The first-order valence-electron chi connectivity index (χ1n) is 14.8. The number of nitrogens with zero attached hydrogens (tertiary/aromatic N) is 2. The number of para-hydroxylation sites is 1. The lowest BCUT2D eigenvalue weighted by molar-refractivity contribution is 0.536. The van der Waals surface area contributed by atoms with E-state index in [1.165, 1.54) is 27.5 Å². The minimum absolute atomic E-state index is 0.135. The van der Waals surface area contributed by atoms with Crippen molar-refractivity contribution >= 4 is 46.2 Å². The molecule has 2 unspecified atom stereocenters. The Morgan fingerprint density at radius 1 is 0.953 bits per heavy atom. The van der Waals surface area contributed by atoms with E-state index in [1.54, 1.807) is 0 Å². The van der Waals surface area contributed by atoms with Crippen LogP contribution >= 0.6 is 12.6 Å². The maximum atomic E-state index is 5.29. The van der Waals surface area contributed by atoms with E-state index in [4.69, 9.17) is 11.6 Å². The van der Waals surface area contributed by atoms with E-state index in [9.17, 15) is 0 Å². The Balaban J connectivity index is 1.58. The maximum absolute atomic E-state index is 5.29. The molecule has 0 amide bonds. The molecule has 2 atom stereocenters. The van der Waals surface area contributed by atoms with Gasteiger partial charge >= 0.3 is 0 Å². The second-order valence-electron chi connectivity index (χ2n) is 11.5. The van der Waals surface area contributed by atoms with Crippen molar-refractivity contribution < 1.29 is 0 Å². The lowest BCUT2D eigenvalue weighted by Gasteiger charge is -2.37. The highest BCUT2D eigenvalue weighted by Gasteiger charge is 2.33. The van der Waals surface area contributed by atoms with Crippen LogP contribution in [-0.2, 0) is 0 Å². The molecule has 218 valence electrons. The number of hydrogen-bond acceptors (Lipinski definition) is 4. The summed E-state index contributed by atoms with van der Waals surface area (Å²) < 4.78 is 0. The van der Waals surface area contributed by atoms with Crippen LogP contribution in [0.15, 0.2) is 132 Å². The molecule has 1 aliphatic rings. The van der Waals surface area contributed by atoms with Crippen LogP contribution in [-0.4, -0.2) is 18.8 Å². The lowest BCUT2D eigenvalue weighted by atomic mass is 9.79. The SMILES string of the molecule is C=CC1=NC(C(=C)N(C)c2cc3ccccc3cc2Nc2c(C)cccc2C)C(CCC(=C)/C=C(\C)S)c2ccccc21. The number of thiol groups is 1. The van der Waals surface area contributed by atoms with E-state index in [1.807, 2.05) is 19.1 Å². The summed E-state index contributed by atoms with van der Waals surface area (Å²) in [5, 5.41) is 6.14. The van der Waals surface area contributed by atoms with Gasteiger partial charge in [-0.05, 0) is 84.2 Å². The molecule has 0 spiro atoms. The molecule has 1 N–H and O–H groups in total. The zero-order valence-electron chi connectivity index (χ0n) is 25.7. The topological polar surface area (TPSA) is 27.6 Å². The zero-order chi connectivity index (χ0) is 30.7. The number of likely N-dealkylation sites (N-methyl/N-ethyl adjacent to an activating group) is 1. The second-order valence-corrected chi connectivity index (χ2v) is 12.2. The van der Waals surface area contributed by atoms with Crippen LogP contribution in [0, 0.1) is 13.8 Å².